The zero-order chi connectivity index (χ0) is 25.7. The van der Waals surface area contributed by atoms with E-state index >= 15 is 0 Å². The SMILES string of the molecule is C[N+]1=C(c2c(-c3ccccc3)cc(-c3ccc(Cl)cc3)cc2-c2ccccc2)SCC1.[O-][Cl+3]([O-])([O-])[O-]. The largest absolute Gasteiger partial charge is 0.243 e. The second-order valence-electron chi connectivity index (χ2n) is 8.14. The van der Waals surface area contributed by atoms with Crippen LogP contribution in [0.2, 0.25) is 5.02 Å². The van der Waals surface area contributed by atoms with Gasteiger partial charge in [0.15, 0.2) is 6.54 Å². The van der Waals surface area contributed by atoms with Gasteiger partial charge in [0.1, 0.15) is 7.05 Å². The van der Waals surface area contributed by atoms with Crippen molar-refractivity contribution in [3.63, 3.8) is 0 Å². The number of thioether (sulfide) groups is 1. The molecule has 1 aliphatic heterocycles. The monoisotopic (exact) mass is 539 g/mol. The van der Waals surface area contributed by atoms with Crippen molar-refractivity contribution in [2.24, 2.45) is 0 Å². The van der Waals surface area contributed by atoms with Crippen molar-refractivity contribution in [3.05, 3.63) is 108 Å². The molecule has 0 fully saturated rings. The van der Waals surface area contributed by atoms with E-state index < -0.39 is 10.2 Å². The van der Waals surface area contributed by atoms with Gasteiger partial charge in [-0.3, -0.25) is 0 Å². The first-order valence-electron chi connectivity index (χ1n) is 11.1. The highest BCUT2D eigenvalue weighted by Crippen LogP contribution is 2.40. The van der Waals surface area contributed by atoms with Crippen LogP contribution in [0.1, 0.15) is 5.56 Å². The number of nitrogens with zero attached hydrogens (tertiary/aromatic N) is 1. The summed E-state index contributed by atoms with van der Waals surface area (Å²) in [4.78, 5) is 0. The summed E-state index contributed by atoms with van der Waals surface area (Å²) in [7, 11) is -2.74. The fourth-order valence-electron chi connectivity index (χ4n) is 4.13. The second kappa shape index (κ2) is 11.6. The Morgan fingerprint density at radius 1 is 0.694 bits per heavy atom. The second-order valence-corrected chi connectivity index (χ2v) is 10.4. The third-order valence-electron chi connectivity index (χ3n) is 5.71. The molecule has 8 heteroatoms. The predicted octanol–water partition coefficient (Wildman–Crippen LogP) is 2.72. The van der Waals surface area contributed by atoms with Crippen LogP contribution in [0, 0.1) is 10.2 Å². The first-order valence-corrected chi connectivity index (χ1v) is 13.7. The van der Waals surface area contributed by atoms with Gasteiger partial charge >= 0.3 is 0 Å². The van der Waals surface area contributed by atoms with Crippen LogP contribution in [-0.2, 0) is 0 Å². The third kappa shape index (κ3) is 6.75. The first kappa shape index (κ1) is 26.4. The smallest absolute Gasteiger partial charge is 0.226 e. The Morgan fingerprint density at radius 2 is 1.17 bits per heavy atom. The molecule has 36 heavy (non-hydrogen) atoms. The maximum atomic E-state index is 8.49. The minimum Gasteiger partial charge on any atom is -0.226 e. The van der Waals surface area contributed by atoms with E-state index in [0.717, 1.165) is 17.3 Å². The van der Waals surface area contributed by atoms with Gasteiger partial charge in [-0.25, -0.2) is 23.2 Å². The van der Waals surface area contributed by atoms with Gasteiger partial charge in [0.25, 0.3) is 0 Å². The van der Waals surface area contributed by atoms with E-state index in [1.54, 1.807) is 0 Å². The Morgan fingerprint density at radius 3 is 1.58 bits per heavy atom. The molecule has 0 N–H and O–H groups in total. The molecular formula is C28H23Cl2NO4S. The Bertz CT molecular complexity index is 1290. The van der Waals surface area contributed by atoms with Gasteiger partial charge in [0.05, 0.1) is 11.3 Å². The fraction of sp³-hybridized carbons (Fsp3) is 0.107. The number of hydrogen-bond acceptors (Lipinski definition) is 5. The van der Waals surface area contributed by atoms with Gasteiger partial charge in [0.2, 0.25) is 5.04 Å². The van der Waals surface area contributed by atoms with E-state index in [4.69, 9.17) is 30.2 Å². The Labute approximate surface area is 221 Å². The average Bonchev–Trinajstić information content (AvgIpc) is 3.29. The van der Waals surface area contributed by atoms with Crippen molar-refractivity contribution in [2.45, 2.75) is 0 Å². The molecule has 184 valence electrons. The van der Waals surface area contributed by atoms with E-state index in [1.807, 2.05) is 23.9 Å². The van der Waals surface area contributed by atoms with Gasteiger partial charge in [-0.15, -0.1) is 10.2 Å². The van der Waals surface area contributed by atoms with E-state index in [9.17, 15) is 0 Å². The van der Waals surface area contributed by atoms with E-state index in [-0.39, 0.29) is 0 Å². The zero-order valence-electron chi connectivity index (χ0n) is 19.4. The van der Waals surface area contributed by atoms with Crippen molar-refractivity contribution in [1.29, 1.82) is 0 Å². The van der Waals surface area contributed by atoms with E-state index in [0.29, 0.717) is 0 Å². The van der Waals surface area contributed by atoms with Crippen molar-refractivity contribution in [3.8, 4) is 33.4 Å². The Hall–Kier alpha value is -2.68. The molecule has 0 bridgehead atoms. The summed E-state index contributed by atoms with van der Waals surface area (Å²) < 4.78 is 36.4. The molecule has 4 aromatic rings. The lowest BCUT2D eigenvalue weighted by molar-refractivity contribution is -2.00. The molecule has 0 spiro atoms. The molecule has 5 nitrogen and oxygen atoms in total. The standard InChI is InChI=1S/C28H23ClNS.ClHO4/c1-30-16-17-31-28(30)27-25(21-8-4-2-5-9-21)18-23(20-12-14-24(29)15-13-20)19-26(27)22-10-6-3-7-11-22;2-1(3,4)5/h2-15,18-19H,16-17H2,1H3;(H,2,3,4,5)/q+1;/p-1. The van der Waals surface area contributed by atoms with E-state index in [1.165, 1.54) is 44.0 Å². The molecule has 0 aliphatic carbocycles. The lowest BCUT2D eigenvalue weighted by atomic mass is 9.88. The maximum Gasteiger partial charge on any atom is 0.243 e. The Balaban J connectivity index is 0.000000556. The molecule has 0 saturated heterocycles. The van der Waals surface area contributed by atoms with Gasteiger partial charge in [-0.05, 0) is 57.6 Å². The number of benzene rings is 4. The van der Waals surface area contributed by atoms with Gasteiger partial charge in [0, 0.05) is 5.02 Å². The topological polar surface area (TPSA) is 95.2 Å². The van der Waals surface area contributed by atoms with Gasteiger partial charge < -0.3 is 0 Å². The summed E-state index contributed by atoms with van der Waals surface area (Å²) in [6.07, 6.45) is 0. The van der Waals surface area contributed by atoms with Crippen LogP contribution in [0.4, 0.5) is 0 Å². The summed E-state index contributed by atoms with van der Waals surface area (Å²) in [6.45, 7) is 1.07. The average molecular weight is 540 g/mol. The molecule has 0 amide bonds. The number of halogens is 2. The molecule has 1 aliphatic rings. The lowest BCUT2D eigenvalue weighted by Gasteiger charge is -2.17. The number of hydrogen-bond donors (Lipinski definition) is 0. The summed E-state index contributed by atoms with van der Waals surface area (Å²) in [6, 6.07) is 34.3. The van der Waals surface area contributed by atoms with Gasteiger partial charge in [-0.2, -0.15) is 0 Å². The van der Waals surface area contributed by atoms with Crippen molar-refractivity contribution < 1.29 is 33.5 Å². The number of rotatable bonds is 4. The van der Waals surface area contributed by atoms with Crippen LogP contribution in [-0.4, -0.2) is 29.0 Å². The minimum absolute atomic E-state index is 0.756. The highest BCUT2D eigenvalue weighted by molar-refractivity contribution is 8.14. The molecule has 4 aromatic carbocycles. The summed E-state index contributed by atoms with van der Waals surface area (Å²) in [5, 5.41) is 2.10. The van der Waals surface area contributed by atoms with Crippen molar-refractivity contribution in [2.75, 3.05) is 19.3 Å². The van der Waals surface area contributed by atoms with Crippen molar-refractivity contribution in [1.82, 2.24) is 0 Å². The highest BCUT2D eigenvalue weighted by atomic mass is 35.7. The molecule has 1 heterocycles. The molecule has 0 saturated carbocycles. The summed E-state index contributed by atoms with van der Waals surface area (Å²) in [5.41, 5.74) is 8.69. The zero-order valence-corrected chi connectivity index (χ0v) is 21.7. The normalized spacial score (nSPS) is 13.4. The molecule has 0 unspecified atom stereocenters. The van der Waals surface area contributed by atoms with Crippen LogP contribution in [0.5, 0.6) is 0 Å². The summed E-state index contributed by atoms with van der Waals surface area (Å²) in [5.74, 6) is 1.12. The summed E-state index contributed by atoms with van der Waals surface area (Å²) >= 11 is 8.12. The quantitative estimate of drug-likeness (QED) is 0.371. The van der Waals surface area contributed by atoms with Crippen molar-refractivity contribution >= 4 is 28.4 Å². The Kier molecular flexibility index (Phi) is 8.49. The molecule has 0 aromatic heterocycles. The van der Waals surface area contributed by atoms with E-state index in [2.05, 4.69) is 96.6 Å². The highest BCUT2D eigenvalue weighted by Gasteiger charge is 2.28. The van der Waals surface area contributed by atoms with Crippen LogP contribution in [0.15, 0.2) is 97.1 Å². The third-order valence-corrected chi connectivity index (χ3v) is 7.14. The van der Waals surface area contributed by atoms with Crippen LogP contribution >= 0.6 is 23.4 Å². The minimum atomic E-state index is -4.94. The lowest BCUT2D eigenvalue weighted by Crippen LogP contribution is -2.68. The van der Waals surface area contributed by atoms with Gasteiger partial charge in [-0.1, -0.05) is 96.2 Å². The van der Waals surface area contributed by atoms with Crippen LogP contribution < -0.4 is 18.6 Å². The molecule has 5 rings (SSSR count). The first-order chi connectivity index (χ1) is 17.2. The maximum absolute atomic E-state index is 8.49. The van der Waals surface area contributed by atoms with Crippen LogP contribution in [0.3, 0.4) is 0 Å². The molecule has 0 atom stereocenters. The molecular weight excluding hydrogens is 517 g/mol. The molecule has 0 radical (unpaired) electrons. The predicted molar refractivity (Wildman–Crippen MR) is 135 cm³/mol. The van der Waals surface area contributed by atoms with Crippen LogP contribution in [0.25, 0.3) is 33.4 Å². The fourth-order valence-corrected chi connectivity index (χ4v) is 5.49.